The van der Waals surface area contributed by atoms with Crippen LogP contribution in [0.1, 0.15) is 53.4 Å². The monoisotopic (exact) mass is 284 g/mol. The molecule has 0 aromatic carbocycles. The third-order valence-corrected chi connectivity index (χ3v) is 5.48. The van der Waals surface area contributed by atoms with Gasteiger partial charge in [0.1, 0.15) is 0 Å². The summed E-state index contributed by atoms with van der Waals surface area (Å²) in [6, 6.07) is 0.472. The van der Waals surface area contributed by atoms with Gasteiger partial charge >= 0.3 is 0 Å². The van der Waals surface area contributed by atoms with Crippen molar-refractivity contribution in [2.45, 2.75) is 76.9 Å². The number of rotatable bonds is 5. The zero-order chi connectivity index (χ0) is 14.0. The van der Waals surface area contributed by atoms with Gasteiger partial charge in [0.2, 0.25) is 5.91 Å². The van der Waals surface area contributed by atoms with E-state index in [1.807, 2.05) is 6.92 Å². The Morgan fingerprint density at radius 3 is 2.79 bits per heavy atom. The van der Waals surface area contributed by atoms with Gasteiger partial charge in [-0.25, -0.2) is 0 Å². The van der Waals surface area contributed by atoms with Gasteiger partial charge in [0.05, 0.1) is 12.2 Å². The van der Waals surface area contributed by atoms with E-state index in [1.165, 1.54) is 25.0 Å². The fraction of sp³-hybridized carbons (Fsp3) is 0.933. The highest BCUT2D eigenvalue weighted by Gasteiger charge is 2.42. The van der Waals surface area contributed by atoms with Crippen molar-refractivity contribution in [2.75, 3.05) is 5.75 Å². The molecule has 0 aromatic heterocycles. The minimum atomic E-state index is 0.00151. The van der Waals surface area contributed by atoms with Crippen LogP contribution in [-0.2, 0) is 4.79 Å². The van der Waals surface area contributed by atoms with Crippen molar-refractivity contribution < 1.29 is 4.79 Å². The van der Waals surface area contributed by atoms with Gasteiger partial charge in [-0.3, -0.25) is 10.1 Å². The minimum absolute atomic E-state index is 0.00151. The first-order valence-electron chi connectivity index (χ1n) is 7.72. The van der Waals surface area contributed by atoms with Gasteiger partial charge in [0.25, 0.3) is 0 Å². The molecule has 1 N–H and O–H groups in total. The topological polar surface area (TPSA) is 32.3 Å². The zero-order valence-corrected chi connectivity index (χ0v) is 13.5. The highest BCUT2D eigenvalue weighted by Crippen LogP contribution is 2.35. The van der Waals surface area contributed by atoms with E-state index in [9.17, 15) is 4.79 Å². The fourth-order valence-corrected chi connectivity index (χ4v) is 4.57. The highest BCUT2D eigenvalue weighted by molar-refractivity contribution is 7.99. The van der Waals surface area contributed by atoms with Crippen LogP contribution in [0.5, 0.6) is 0 Å². The lowest BCUT2D eigenvalue weighted by Gasteiger charge is -2.31. The van der Waals surface area contributed by atoms with E-state index < -0.39 is 0 Å². The Labute approximate surface area is 121 Å². The van der Waals surface area contributed by atoms with E-state index in [0.717, 1.165) is 11.7 Å². The summed E-state index contributed by atoms with van der Waals surface area (Å²) in [6.07, 6.45) is 4.98. The van der Waals surface area contributed by atoms with Crippen molar-refractivity contribution in [1.29, 1.82) is 0 Å². The van der Waals surface area contributed by atoms with E-state index in [0.29, 0.717) is 17.9 Å². The Balaban J connectivity index is 2.01. The maximum atomic E-state index is 12.4. The van der Waals surface area contributed by atoms with Crippen LogP contribution in [-0.4, -0.2) is 40.1 Å². The molecule has 0 spiro atoms. The van der Waals surface area contributed by atoms with Crippen molar-refractivity contribution in [1.82, 2.24) is 10.2 Å². The number of nitrogens with one attached hydrogen (secondary N) is 1. The van der Waals surface area contributed by atoms with Crippen molar-refractivity contribution >= 4 is 17.7 Å². The lowest BCUT2D eigenvalue weighted by Crippen LogP contribution is -2.44. The molecule has 2 fully saturated rings. The molecule has 1 aliphatic carbocycles. The molecule has 1 amide bonds. The molecule has 1 heterocycles. The molecule has 4 heteroatoms. The lowest BCUT2D eigenvalue weighted by atomic mass is 10.1. The van der Waals surface area contributed by atoms with Gasteiger partial charge < -0.3 is 4.90 Å². The molecule has 1 saturated carbocycles. The lowest BCUT2D eigenvalue weighted by molar-refractivity contribution is -0.132. The Bertz CT molecular complexity index is 321. The molecule has 0 bridgehead atoms. The first-order valence-corrected chi connectivity index (χ1v) is 8.77. The third kappa shape index (κ3) is 3.46. The smallest absolute Gasteiger partial charge is 0.240 e. The second-order valence-electron chi connectivity index (χ2n) is 6.32. The van der Waals surface area contributed by atoms with E-state index in [2.05, 4.69) is 42.7 Å². The van der Waals surface area contributed by atoms with Crippen LogP contribution in [0.3, 0.4) is 0 Å². The third-order valence-electron chi connectivity index (χ3n) is 4.25. The number of carbonyl (C=O) groups is 1. The van der Waals surface area contributed by atoms with Crippen LogP contribution < -0.4 is 5.32 Å². The molecule has 1 aliphatic heterocycles. The first-order chi connectivity index (χ1) is 9.02. The largest absolute Gasteiger partial charge is 0.323 e. The summed E-state index contributed by atoms with van der Waals surface area (Å²) in [5.41, 5.74) is 0. The Morgan fingerprint density at radius 1 is 1.42 bits per heavy atom. The van der Waals surface area contributed by atoms with Gasteiger partial charge in [0, 0.05) is 11.3 Å². The molecule has 2 rings (SSSR count). The van der Waals surface area contributed by atoms with Crippen molar-refractivity contribution in [3.8, 4) is 0 Å². The molecule has 1 saturated heterocycles. The molecular formula is C15H28N2OS. The van der Waals surface area contributed by atoms with Gasteiger partial charge in [-0.15, -0.1) is 0 Å². The van der Waals surface area contributed by atoms with Gasteiger partial charge in [-0.2, -0.15) is 11.8 Å². The molecule has 4 unspecified atom stereocenters. The Kier molecular flexibility index (Phi) is 5.18. The Hall–Kier alpha value is -0.220. The minimum Gasteiger partial charge on any atom is -0.323 e. The van der Waals surface area contributed by atoms with E-state index in [1.54, 1.807) is 0 Å². The van der Waals surface area contributed by atoms with Crippen LogP contribution in [0, 0.1) is 5.92 Å². The van der Waals surface area contributed by atoms with Crippen LogP contribution in [0.25, 0.3) is 0 Å². The first kappa shape index (κ1) is 15.2. The molecule has 4 atom stereocenters. The average molecular weight is 284 g/mol. The maximum absolute atomic E-state index is 12.4. The summed E-state index contributed by atoms with van der Waals surface area (Å²) in [7, 11) is 0. The van der Waals surface area contributed by atoms with Gasteiger partial charge in [-0.05, 0) is 44.3 Å². The van der Waals surface area contributed by atoms with Crippen LogP contribution >= 0.6 is 11.8 Å². The summed E-state index contributed by atoms with van der Waals surface area (Å²) in [4.78, 5) is 14.6. The maximum Gasteiger partial charge on any atom is 0.240 e. The molecule has 0 radical (unpaired) electrons. The normalized spacial score (nSPS) is 35.6. The molecule has 19 heavy (non-hydrogen) atoms. The summed E-state index contributed by atoms with van der Waals surface area (Å²) in [5, 5.41) is 4.24. The number of hydrogen-bond donors (Lipinski definition) is 1. The number of carbonyl (C=O) groups excluding carboxylic acids is 1. The standard InChI is InChI=1S/C15H28N2OS/c1-5-19-13-7-6-12(9-13)17-14(8-10(2)3)16-11(4)15(17)18/h10-14,16H,5-9H2,1-4H3. The molecule has 0 aromatic rings. The fourth-order valence-electron chi connectivity index (χ4n) is 3.44. The Morgan fingerprint density at radius 2 is 2.16 bits per heavy atom. The number of thioether (sulfide) groups is 1. The van der Waals surface area contributed by atoms with Crippen LogP contribution in [0.15, 0.2) is 0 Å². The SMILES string of the molecule is CCSC1CCC(N2C(=O)C(C)NC2CC(C)C)C1. The molecule has 3 nitrogen and oxygen atoms in total. The van der Waals surface area contributed by atoms with Crippen molar-refractivity contribution in [2.24, 2.45) is 5.92 Å². The summed E-state index contributed by atoms with van der Waals surface area (Å²) < 4.78 is 0. The van der Waals surface area contributed by atoms with Crippen LogP contribution in [0.4, 0.5) is 0 Å². The number of amides is 1. The number of nitrogens with zero attached hydrogens (tertiary/aromatic N) is 1. The second kappa shape index (κ2) is 6.49. The summed E-state index contributed by atoms with van der Waals surface area (Å²) in [5.74, 6) is 2.13. The quantitative estimate of drug-likeness (QED) is 0.842. The zero-order valence-electron chi connectivity index (χ0n) is 12.7. The highest BCUT2D eigenvalue weighted by atomic mass is 32.2. The van der Waals surface area contributed by atoms with E-state index >= 15 is 0 Å². The van der Waals surface area contributed by atoms with Crippen LogP contribution in [0.2, 0.25) is 0 Å². The summed E-state index contributed by atoms with van der Waals surface area (Å²) in [6.45, 7) is 8.70. The predicted molar refractivity (Wildman–Crippen MR) is 82.2 cm³/mol. The molecular weight excluding hydrogens is 256 g/mol. The molecule has 2 aliphatic rings. The second-order valence-corrected chi connectivity index (χ2v) is 7.90. The van der Waals surface area contributed by atoms with Gasteiger partial charge in [0.15, 0.2) is 0 Å². The predicted octanol–water partition coefficient (Wildman–Crippen LogP) is 2.85. The van der Waals surface area contributed by atoms with E-state index in [4.69, 9.17) is 0 Å². The van der Waals surface area contributed by atoms with Crippen molar-refractivity contribution in [3.05, 3.63) is 0 Å². The number of hydrogen-bond acceptors (Lipinski definition) is 3. The van der Waals surface area contributed by atoms with Gasteiger partial charge in [-0.1, -0.05) is 20.8 Å². The average Bonchev–Trinajstić information content (AvgIpc) is 2.86. The van der Waals surface area contributed by atoms with E-state index in [-0.39, 0.29) is 12.2 Å². The molecule has 110 valence electrons. The van der Waals surface area contributed by atoms with Crippen molar-refractivity contribution in [3.63, 3.8) is 0 Å². The summed E-state index contributed by atoms with van der Waals surface area (Å²) >= 11 is 2.06.